The van der Waals surface area contributed by atoms with Crippen molar-refractivity contribution in [1.82, 2.24) is 0 Å². The van der Waals surface area contributed by atoms with Gasteiger partial charge in [-0.15, -0.1) is 0 Å². The number of hydrogen-bond acceptors (Lipinski definition) is 2. The van der Waals surface area contributed by atoms with Crippen LogP contribution in [-0.4, -0.2) is 13.1 Å². The van der Waals surface area contributed by atoms with E-state index in [-0.39, 0.29) is 5.97 Å². The second-order valence-electron chi connectivity index (χ2n) is 3.82. The molecular formula is C14H24O2. The molecule has 92 valence electrons. The fourth-order valence-electron chi connectivity index (χ4n) is 1.35. The Labute approximate surface area is 99.4 Å². The molecule has 0 aromatic heterocycles. The molecule has 0 aromatic carbocycles. The van der Waals surface area contributed by atoms with Crippen LogP contribution in [0.5, 0.6) is 0 Å². The third-order valence-electron chi connectivity index (χ3n) is 2.32. The van der Waals surface area contributed by atoms with Gasteiger partial charge < -0.3 is 4.74 Å². The number of unbranched alkanes of at least 4 members (excludes halogenated alkanes) is 5. The number of rotatable bonds is 9. The predicted molar refractivity (Wildman–Crippen MR) is 68.3 cm³/mol. The van der Waals surface area contributed by atoms with Gasteiger partial charge in [0.15, 0.2) is 0 Å². The lowest BCUT2D eigenvalue weighted by atomic mass is 10.1. The lowest BCUT2D eigenvalue weighted by Gasteiger charge is -1.95. The molecule has 0 N–H and O–H groups in total. The van der Waals surface area contributed by atoms with Crippen LogP contribution in [0.4, 0.5) is 0 Å². The summed E-state index contributed by atoms with van der Waals surface area (Å²) in [6.45, 7) is 2.19. The molecule has 0 aliphatic heterocycles. The van der Waals surface area contributed by atoms with E-state index in [4.69, 9.17) is 0 Å². The van der Waals surface area contributed by atoms with E-state index in [1.807, 2.05) is 6.08 Å². The van der Waals surface area contributed by atoms with Gasteiger partial charge in [-0.2, -0.15) is 0 Å². The molecule has 2 heteroatoms. The topological polar surface area (TPSA) is 26.3 Å². The monoisotopic (exact) mass is 224 g/mol. The third-order valence-corrected chi connectivity index (χ3v) is 2.32. The van der Waals surface area contributed by atoms with E-state index in [9.17, 15) is 4.79 Å². The van der Waals surface area contributed by atoms with Gasteiger partial charge in [0.1, 0.15) is 0 Å². The molecule has 16 heavy (non-hydrogen) atoms. The number of methoxy groups -OCH3 is 1. The molecule has 0 heterocycles. The lowest BCUT2D eigenvalue weighted by molar-refractivity contribution is -0.134. The maximum absolute atomic E-state index is 10.7. The summed E-state index contributed by atoms with van der Waals surface area (Å²) in [6, 6.07) is 0. The van der Waals surface area contributed by atoms with Crippen molar-refractivity contribution in [2.75, 3.05) is 7.11 Å². The number of allylic oxidation sites excluding steroid dienone is 3. The first-order valence-electron chi connectivity index (χ1n) is 6.20. The smallest absolute Gasteiger partial charge is 0.330 e. The normalized spacial score (nSPS) is 11.4. The number of carbonyl (C=O) groups excluding carboxylic acids is 1. The zero-order valence-corrected chi connectivity index (χ0v) is 10.6. The molecule has 0 aliphatic carbocycles. The Morgan fingerprint density at radius 1 is 1.00 bits per heavy atom. The van der Waals surface area contributed by atoms with E-state index >= 15 is 0 Å². The Bertz CT molecular complexity index is 217. The average Bonchev–Trinajstić information content (AvgIpc) is 2.31. The van der Waals surface area contributed by atoms with Gasteiger partial charge in [0, 0.05) is 6.08 Å². The fraction of sp³-hybridized carbons (Fsp3) is 0.643. The van der Waals surface area contributed by atoms with Crippen molar-refractivity contribution in [3.63, 3.8) is 0 Å². The summed E-state index contributed by atoms with van der Waals surface area (Å²) in [6.07, 6.45) is 16.1. The first-order chi connectivity index (χ1) is 7.81. The largest absolute Gasteiger partial charge is 0.466 e. The quantitative estimate of drug-likeness (QED) is 0.256. The molecule has 0 fully saturated rings. The fourth-order valence-corrected chi connectivity index (χ4v) is 1.35. The summed E-state index contributed by atoms with van der Waals surface area (Å²) in [7, 11) is 1.40. The number of carbonyl (C=O) groups is 1. The highest BCUT2D eigenvalue weighted by molar-refractivity contribution is 5.81. The van der Waals surface area contributed by atoms with Gasteiger partial charge in [-0.3, -0.25) is 0 Å². The van der Waals surface area contributed by atoms with Gasteiger partial charge in [0.25, 0.3) is 0 Å². The van der Waals surface area contributed by atoms with Gasteiger partial charge >= 0.3 is 5.97 Å². The average molecular weight is 224 g/mol. The molecular weight excluding hydrogens is 200 g/mol. The van der Waals surface area contributed by atoms with Crippen molar-refractivity contribution < 1.29 is 9.53 Å². The van der Waals surface area contributed by atoms with Crippen molar-refractivity contribution in [1.29, 1.82) is 0 Å². The van der Waals surface area contributed by atoms with Crippen molar-refractivity contribution in [2.24, 2.45) is 0 Å². The summed E-state index contributed by atoms with van der Waals surface area (Å²) in [5, 5.41) is 0. The summed E-state index contributed by atoms with van der Waals surface area (Å²) < 4.78 is 4.50. The molecule has 0 spiro atoms. The van der Waals surface area contributed by atoms with Gasteiger partial charge in [-0.1, -0.05) is 38.0 Å². The Balaban J connectivity index is 3.21. The zero-order chi connectivity index (χ0) is 12.1. The highest BCUT2D eigenvalue weighted by atomic mass is 16.5. The number of hydrogen-bond donors (Lipinski definition) is 0. The highest BCUT2D eigenvalue weighted by Gasteiger charge is 1.90. The lowest BCUT2D eigenvalue weighted by Crippen LogP contribution is -1.93. The van der Waals surface area contributed by atoms with E-state index in [1.54, 1.807) is 0 Å². The summed E-state index contributed by atoms with van der Waals surface area (Å²) in [5.74, 6) is -0.262. The molecule has 0 atom stereocenters. The van der Waals surface area contributed by atoms with Crippen LogP contribution in [0.2, 0.25) is 0 Å². The molecule has 0 radical (unpaired) electrons. The standard InChI is InChI=1S/C14H24O2/c1-3-4-5-6-7-8-9-10-11-12-13-14(15)16-2/h5-6,12-13H,3-4,7-11H2,1-2H3/b6-5+,13-12+. The van der Waals surface area contributed by atoms with Crippen LogP contribution < -0.4 is 0 Å². The molecule has 2 nitrogen and oxygen atoms in total. The van der Waals surface area contributed by atoms with Crippen molar-refractivity contribution in [3.05, 3.63) is 24.3 Å². The van der Waals surface area contributed by atoms with Crippen LogP contribution in [0, 0.1) is 0 Å². The van der Waals surface area contributed by atoms with E-state index in [1.165, 1.54) is 45.3 Å². The van der Waals surface area contributed by atoms with Crippen molar-refractivity contribution in [3.8, 4) is 0 Å². The Morgan fingerprint density at radius 2 is 1.62 bits per heavy atom. The molecule has 0 amide bonds. The number of ether oxygens (including phenoxy) is 1. The summed E-state index contributed by atoms with van der Waals surface area (Å²) >= 11 is 0. The summed E-state index contributed by atoms with van der Waals surface area (Å²) in [5.41, 5.74) is 0. The SMILES string of the molecule is CCC/C=C/CCCCC/C=C/C(=O)OC. The third kappa shape index (κ3) is 11.0. The van der Waals surface area contributed by atoms with Crippen LogP contribution in [-0.2, 0) is 9.53 Å². The van der Waals surface area contributed by atoms with Gasteiger partial charge in [0.05, 0.1) is 7.11 Å². The van der Waals surface area contributed by atoms with E-state index in [0.717, 1.165) is 12.8 Å². The van der Waals surface area contributed by atoms with Crippen LogP contribution in [0.1, 0.15) is 51.9 Å². The second kappa shape index (κ2) is 12.0. The van der Waals surface area contributed by atoms with Gasteiger partial charge in [-0.05, 0) is 32.1 Å². The van der Waals surface area contributed by atoms with E-state index < -0.39 is 0 Å². The Hall–Kier alpha value is -1.05. The van der Waals surface area contributed by atoms with E-state index in [0.29, 0.717) is 0 Å². The predicted octanol–water partition coefficient (Wildman–Crippen LogP) is 4.02. The summed E-state index contributed by atoms with van der Waals surface area (Å²) in [4.78, 5) is 10.7. The Kier molecular flexibility index (Phi) is 11.2. The van der Waals surface area contributed by atoms with Crippen LogP contribution in [0.3, 0.4) is 0 Å². The first-order valence-corrected chi connectivity index (χ1v) is 6.20. The number of esters is 1. The minimum absolute atomic E-state index is 0.262. The van der Waals surface area contributed by atoms with Crippen LogP contribution >= 0.6 is 0 Å². The maximum Gasteiger partial charge on any atom is 0.330 e. The van der Waals surface area contributed by atoms with Gasteiger partial charge in [0.2, 0.25) is 0 Å². The Morgan fingerprint density at radius 3 is 2.25 bits per heavy atom. The molecule has 0 aliphatic rings. The molecule has 0 bridgehead atoms. The first kappa shape index (κ1) is 14.9. The zero-order valence-electron chi connectivity index (χ0n) is 10.6. The van der Waals surface area contributed by atoms with Crippen LogP contribution in [0.25, 0.3) is 0 Å². The molecule has 0 aromatic rings. The minimum atomic E-state index is -0.262. The maximum atomic E-state index is 10.7. The second-order valence-corrected chi connectivity index (χ2v) is 3.82. The van der Waals surface area contributed by atoms with E-state index in [2.05, 4.69) is 23.8 Å². The molecule has 0 saturated carbocycles. The van der Waals surface area contributed by atoms with Gasteiger partial charge in [-0.25, -0.2) is 4.79 Å². The van der Waals surface area contributed by atoms with Crippen molar-refractivity contribution >= 4 is 5.97 Å². The molecule has 0 unspecified atom stereocenters. The highest BCUT2D eigenvalue weighted by Crippen LogP contribution is 2.05. The molecule has 0 saturated heterocycles. The molecule has 0 rings (SSSR count). The van der Waals surface area contributed by atoms with Crippen LogP contribution in [0.15, 0.2) is 24.3 Å². The van der Waals surface area contributed by atoms with Crippen molar-refractivity contribution in [2.45, 2.75) is 51.9 Å². The minimum Gasteiger partial charge on any atom is -0.466 e.